The van der Waals surface area contributed by atoms with Crippen LogP contribution in [-0.4, -0.2) is 39.6 Å². The van der Waals surface area contributed by atoms with E-state index < -0.39 is 23.7 Å². The van der Waals surface area contributed by atoms with Crippen molar-refractivity contribution in [3.8, 4) is 11.3 Å². The molecule has 25 heavy (non-hydrogen) atoms. The number of aryl methyl sites for hydroxylation is 1. The minimum atomic E-state index is -0.968. The summed E-state index contributed by atoms with van der Waals surface area (Å²) in [5.74, 6) is -1.76. The largest absolute Gasteiger partial charge is 0.481 e. The van der Waals surface area contributed by atoms with Gasteiger partial charge in [-0.15, -0.1) is 0 Å². The summed E-state index contributed by atoms with van der Waals surface area (Å²) in [7, 11) is 0. The van der Waals surface area contributed by atoms with Crippen molar-refractivity contribution in [2.75, 3.05) is 6.54 Å². The van der Waals surface area contributed by atoms with E-state index in [1.54, 1.807) is 6.92 Å². The fourth-order valence-electron chi connectivity index (χ4n) is 3.18. The maximum Gasteiger partial charge on any atom is 0.305 e. The molecule has 8 heteroatoms. The molecule has 0 spiro atoms. The van der Waals surface area contributed by atoms with Crippen LogP contribution in [-0.2, 0) is 4.79 Å². The predicted octanol–water partition coefficient (Wildman–Crippen LogP) is 3.52. The zero-order chi connectivity index (χ0) is 18.1. The van der Waals surface area contributed by atoms with E-state index in [4.69, 9.17) is 21.2 Å². The lowest BCUT2D eigenvalue weighted by Gasteiger charge is -2.23. The number of carboxylic acids is 1. The van der Waals surface area contributed by atoms with Crippen molar-refractivity contribution in [3.63, 3.8) is 0 Å². The molecule has 6 nitrogen and oxygen atoms in total. The predicted molar refractivity (Wildman–Crippen MR) is 88.0 cm³/mol. The number of nitrogens with zero attached hydrogens (tertiary/aromatic N) is 2. The number of hydrogen-bond acceptors (Lipinski definition) is 4. The lowest BCUT2D eigenvalue weighted by Crippen LogP contribution is -2.37. The number of likely N-dealkylation sites (tertiary alicyclic amines) is 1. The van der Waals surface area contributed by atoms with Crippen LogP contribution in [0.25, 0.3) is 11.3 Å². The van der Waals surface area contributed by atoms with Crippen molar-refractivity contribution in [1.29, 1.82) is 0 Å². The molecule has 1 unspecified atom stereocenters. The molecule has 1 N–H and O–H groups in total. The van der Waals surface area contributed by atoms with Crippen LogP contribution < -0.4 is 0 Å². The summed E-state index contributed by atoms with van der Waals surface area (Å²) in [5.41, 5.74) is 0.147. The number of carbonyl (C=O) groups excluding carboxylic acids is 1. The van der Waals surface area contributed by atoms with Gasteiger partial charge in [-0.2, -0.15) is 0 Å². The van der Waals surface area contributed by atoms with E-state index in [0.717, 1.165) is 0 Å². The molecule has 1 aromatic carbocycles. The van der Waals surface area contributed by atoms with E-state index in [1.807, 2.05) is 0 Å². The van der Waals surface area contributed by atoms with Gasteiger partial charge < -0.3 is 14.5 Å². The monoisotopic (exact) mass is 366 g/mol. The normalized spacial score (nSPS) is 17.1. The highest BCUT2D eigenvalue weighted by Gasteiger charge is 2.35. The van der Waals surface area contributed by atoms with Crippen LogP contribution in [0, 0.1) is 12.7 Å². The molecule has 2 aromatic rings. The first kappa shape index (κ1) is 17.4. The van der Waals surface area contributed by atoms with Crippen molar-refractivity contribution < 1.29 is 23.6 Å². The Morgan fingerprint density at radius 3 is 2.92 bits per heavy atom. The van der Waals surface area contributed by atoms with Crippen molar-refractivity contribution in [2.24, 2.45) is 0 Å². The average Bonchev–Trinajstić information content (AvgIpc) is 3.13. The molecular formula is C17H16ClFN2O4. The molecule has 0 radical (unpaired) electrons. The molecule has 0 aliphatic carbocycles. The molecule has 1 fully saturated rings. The van der Waals surface area contributed by atoms with Gasteiger partial charge in [-0.1, -0.05) is 22.8 Å². The van der Waals surface area contributed by atoms with Gasteiger partial charge in [0.25, 0.3) is 5.91 Å². The molecule has 1 saturated heterocycles. The average molecular weight is 367 g/mol. The van der Waals surface area contributed by atoms with Crippen LogP contribution in [0.5, 0.6) is 0 Å². The molecule has 132 valence electrons. The fourth-order valence-corrected chi connectivity index (χ4v) is 3.43. The molecule has 1 aliphatic heterocycles. The lowest BCUT2D eigenvalue weighted by molar-refractivity contribution is -0.137. The number of carboxylic acid groups (broad SMARTS) is 1. The number of aliphatic carboxylic acids is 1. The Bertz CT molecular complexity index is 816. The highest BCUT2D eigenvalue weighted by Crippen LogP contribution is 2.35. The van der Waals surface area contributed by atoms with E-state index in [9.17, 15) is 14.0 Å². The van der Waals surface area contributed by atoms with Gasteiger partial charge in [-0.25, -0.2) is 4.39 Å². The smallest absolute Gasteiger partial charge is 0.305 e. The minimum Gasteiger partial charge on any atom is -0.481 e. The van der Waals surface area contributed by atoms with Gasteiger partial charge in [0, 0.05) is 12.6 Å². The Labute approximate surface area is 148 Å². The van der Waals surface area contributed by atoms with Gasteiger partial charge in [-0.05, 0) is 31.9 Å². The first-order chi connectivity index (χ1) is 11.9. The van der Waals surface area contributed by atoms with Crippen molar-refractivity contribution in [3.05, 3.63) is 40.4 Å². The summed E-state index contributed by atoms with van der Waals surface area (Å²) in [6.45, 7) is 1.99. The highest BCUT2D eigenvalue weighted by molar-refractivity contribution is 6.33. The van der Waals surface area contributed by atoms with E-state index in [2.05, 4.69) is 5.16 Å². The van der Waals surface area contributed by atoms with Crippen molar-refractivity contribution in [2.45, 2.75) is 32.2 Å². The first-order valence-electron chi connectivity index (χ1n) is 7.83. The number of halogens is 2. The van der Waals surface area contributed by atoms with Crippen LogP contribution in [0.3, 0.4) is 0 Å². The fraction of sp³-hybridized carbons (Fsp3) is 0.353. The number of benzene rings is 1. The first-order valence-corrected chi connectivity index (χ1v) is 8.21. The summed E-state index contributed by atoms with van der Waals surface area (Å²) in [5, 5.41) is 13.0. The van der Waals surface area contributed by atoms with Crippen LogP contribution in [0.2, 0.25) is 5.02 Å². The maximum atomic E-state index is 14.2. The van der Waals surface area contributed by atoms with Gasteiger partial charge >= 0.3 is 5.97 Å². The van der Waals surface area contributed by atoms with Crippen LogP contribution in [0.15, 0.2) is 22.7 Å². The zero-order valence-electron chi connectivity index (χ0n) is 13.5. The molecule has 1 amide bonds. The number of carbonyl (C=O) groups is 2. The number of hydrogen-bond donors (Lipinski definition) is 1. The molecule has 1 atom stereocenters. The van der Waals surface area contributed by atoms with Crippen LogP contribution in [0.1, 0.15) is 35.4 Å². The molecule has 2 heterocycles. The molecule has 1 aromatic heterocycles. The summed E-state index contributed by atoms with van der Waals surface area (Å²) < 4.78 is 19.4. The summed E-state index contributed by atoms with van der Waals surface area (Å²) in [6.07, 6.45) is 1.19. The molecular weight excluding hydrogens is 351 g/mol. The maximum absolute atomic E-state index is 14.2. The second-order valence-electron chi connectivity index (χ2n) is 5.95. The van der Waals surface area contributed by atoms with Gasteiger partial charge in [-0.3, -0.25) is 9.59 Å². The minimum absolute atomic E-state index is 0.00153. The Hall–Kier alpha value is -2.41. The Morgan fingerprint density at radius 1 is 1.48 bits per heavy atom. The lowest BCUT2D eigenvalue weighted by atomic mass is 10.0. The Morgan fingerprint density at radius 2 is 2.24 bits per heavy atom. The zero-order valence-corrected chi connectivity index (χ0v) is 14.2. The third-order valence-electron chi connectivity index (χ3n) is 4.32. The third-order valence-corrected chi connectivity index (χ3v) is 4.64. The topological polar surface area (TPSA) is 83.6 Å². The molecule has 0 bridgehead atoms. The summed E-state index contributed by atoms with van der Waals surface area (Å²) in [6, 6.07) is 3.78. The van der Waals surface area contributed by atoms with Crippen molar-refractivity contribution >= 4 is 23.5 Å². The van der Waals surface area contributed by atoms with E-state index >= 15 is 0 Å². The van der Waals surface area contributed by atoms with E-state index in [-0.39, 0.29) is 34.0 Å². The summed E-state index contributed by atoms with van der Waals surface area (Å²) in [4.78, 5) is 25.5. The molecule has 3 rings (SSSR count). The second-order valence-corrected chi connectivity index (χ2v) is 6.36. The Kier molecular flexibility index (Phi) is 4.76. The standard InChI is InChI=1S/C17H16ClFN2O4/c1-9-14(17(24)21-7-3-4-10(21)8-13(22)23)16(20-25-9)15-11(18)5-2-6-12(15)19/h2,5-6,10H,3-4,7-8H2,1H3,(H,22,23). The number of amides is 1. The van der Waals surface area contributed by atoms with Gasteiger partial charge in [0.2, 0.25) is 0 Å². The number of rotatable bonds is 4. The Balaban J connectivity index is 2.02. The van der Waals surface area contributed by atoms with E-state index in [1.165, 1.54) is 23.1 Å². The quantitative estimate of drug-likeness (QED) is 0.895. The second kappa shape index (κ2) is 6.84. The van der Waals surface area contributed by atoms with Gasteiger partial charge in [0.05, 0.1) is 17.0 Å². The highest BCUT2D eigenvalue weighted by atomic mass is 35.5. The van der Waals surface area contributed by atoms with Crippen LogP contribution in [0.4, 0.5) is 4.39 Å². The molecule has 0 saturated carbocycles. The third kappa shape index (κ3) is 3.24. The number of aromatic nitrogens is 1. The molecule has 1 aliphatic rings. The van der Waals surface area contributed by atoms with Gasteiger partial charge in [0.1, 0.15) is 22.8 Å². The van der Waals surface area contributed by atoms with E-state index in [0.29, 0.717) is 19.4 Å². The SMILES string of the molecule is Cc1onc(-c2c(F)cccc2Cl)c1C(=O)N1CCCC1CC(=O)O. The van der Waals surface area contributed by atoms with Crippen molar-refractivity contribution in [1.82, 2.24) is 10.1 Å². The van der Waals surface area contributed by atoms with Crippen LogP contribution >= 0.6 is 11.6 Å². The summed E-state index contributed by atoms with van der Waals surface area (Å²) >= 11 is 6.08. The van der Waals surface area contributed by atoms with Gasteiger partial charge in [0.15, 0.2) is 0 Å².